The smallest absolute Gasteiger partial charge is 0.257 e. The molecule has 0 aliphatic rings. The molecule has 202 valence electrons. The van der Waals surface area contributed by atoms with E-state index in [-0.39, 0.29) is 35.4 Å². The topological polar surface area (TPSA) is 91.5 Å². The fourth-order valence-corrected chi connectivity index (χ4v) is 4.55. The molecule has 4 N–H and O–H groups in total. The van der Waals surface area contributed by atoms with Crippen LogP contribution in [0, 0.1) is 17.9 Å². The number of nitrogens with one attached hydrogen (secondary N) is 4. The van der Waals surface area contributed by atoms with Crippen molar-refractivity contribution < 1.29 is 14.3 Å². The molecule has 0 radical (unpaired) electrons. The minimum Gasteiger partial charge on any atom is -0.370 e. The van der Waals surface area contributed by atoms with Gasteiger partial charge in [-0.05, 0) is 22.7 Å². The highest BCUT2D eigenvalue weighted by molar-refractivity contribution is 6.79. The van der Waals surface area contributed by atoms with Gasteiger partial charge in [-0.2, -0.15) is 0 Å². The van der Waals surface area contributed by atoms with Crippen LogP contribution in [0.4, 0.5) is 0 Å². The molecule has 0 fully saturated rings. The summed E-state index contributed by atoms with van der Waals surface area (Å²) in [7, 11) is -1.58. The van der Waals surface area contributed by atoms with Crippen molar-refractivity contribution in [3.05, 3.63) is 35.4 Å². The summed E-state index contributed by atoms with van der Waals surface area (Å²) in [5, 5.41) is 12.5. The first-order valence-corrected chi connectivity index (χ1v) is 16.5. The molecule has 0 saturated carbocycles. The largest absolute Gasteiger partial charge is 0.370 e. The van der Waals surface area contributed by atoms with Crippen molar-refractivity contribution in [2.24, 2.45) is 5.92 Å². The predicted molar refractivity (Wildman–Crippen MR) is 152 cm³/mol. The van der Waals surface area contributed by atoms with Gasteiger partial charge in [0.2, 0.25) is 0 Å². The summed E-state index contributed by atoms with van der Waals surface area (Å²) in [5.41, 5.74) is 1.80. The zero-order valence-corrected chi connectivity index (χ0v) is 24.8. The monoisotopic (exact) mass is 516 g/mol. The molecule has 1 rings (SSSR count). The first-order valence-electron chi connectivity index (χ1n) is 13.0. The predicted octanol–water partition coefficient (Wildman–Crippen LogP) is 3.91. The van der Waals surface area contributed by atoms with Crippen molar-refractivity contribution in [2.75, 3.05) is 32.8 Å². The Bertz CT molecular complexity index is 881. The Balaban J connectivity index is 2.76. The maximum Gasteiger partial charge on any atom is 0.257 e. The second-order valence-corrected chi connectivity index (χ2v) is 17.2. The van der Waals surface area contributed by atoms with Crippen LogP contribution in [0.15, 0.2) is 24.3 Å². The van der Waals surface area contributed by atoms with Crippen molar-refractivity contribution in [1.29, 1.82) is 0 Å². The number of carbonyl (C=O) groups excluding carboxylic acids is 2. The van der Waals surface area contributed by atoms with E-state index in [1.807, 2.05) is 38.1 Å². The summed E-state index contributed by atoms with van der Waals surface area (Å²) in [6, 6.07) is 11.0. The Labute approximate surface area is 219 Å². The number of hydrogen-bond acceptors (Lipinski definition) is 5. The van der Waals surface area contributed by atoms with Crippen LogP contribution in [-0.4, -0.2) is 58.8 Å². The molecule has 8 heteroatoms. The van der Waals surface area contributed by atoms with Gasteiger partial charge in [0.15, 0.2) is 0 Å². The van der Waals surface area contributed by atoms with Crippen LogP contribution in [0.5, 0.6) is 0 Å². The average Bonchev–Trinajstić information content (AvgIpc) is 2.77. The van der Waals surface area contributed by atoms with Crippen molar-refractivity contribution in [3.63, 3.8) is 0 Å². The van der Waals surface area contributed by atoms with Gasteiger partial charge < -0.3 is 20.7 Å². The second-order valence-electron chi connectivity index (χ2n) is 11.4. The molecule has 0 aliphatic heterocycles. The highest BCUT2D eigenvalue weighted by Gasteiger charge is 2.41. The third kappa shape index (κ3) is 11.3. The van der Waals surface area contributed by atoms with E-state index in [2.05, 4.69) is 80.6 Å². The standard InChI is InChI=1S/C28H48N4O3Si/c1-21(2)14-15-30-25(33)20-35-19-18-31-26(28(5,6)36(7,8)9)23-10-12-24(13-11-23)27(34)32-17-16-29-22(3)4/h10-13,21-22,26,29,31H,16-20H2,1-9H3,(H,30,33)(H,32,34). The van der Waals surface area contributed by atoms with E-state index in [0.29, 0.717) is 31.3 Å². The van der Waals surface area contributed by atoms with E-state index in [4.69, 9.17) is 4.74 Å². The fourth-order valence-electron chi connectivity index (χ4n) is 3.42. The van der Waals surface area contributed by atoms with Gasteiger partial charge in [-0.1, -0.05) is 79.2 Å². The fraction of sp³-hybridized carbons (Fsp3) is 0.643. The number of rotatable bonds is 14. The molecule has 1 atom stereocenters. The Kier molecular flexibility index (Phi) is 13.4. The van der Waals surface area contributed by atoms with Crippen LogP contribution in [0.3, 0.4) is 0 Å². The van der Waals surface area contributed by atoms with Crippen LogP contribution in [0.1, 0.15) is 63.5 Å². The molecule has 7 nitrogen and oxygen atoms in total. The minimum atomic E-state index is -1.58. The third-order valence-electron chi connectivity index (χ3n) is 6.51. The van der Waals surface area contributed by atoms with Crippen LogP contribution in [0.2, 0.25) is 24.7 Å². The summed E-state index contributed by atoms with van der Waals surface area (Å²) in [5.74, 6) is 2.80. The maximum atomic E-state index is 12.5. The number of carbonyl (C=O) groups is 2. The molecule has 0 heterocycles. The Hall–Kier alpha value is -2.18. The number of ether oxygens (including phenoxy) is 1. The lowest BCUT2D eigenvalue weighted by atomic mass is 9.94. The van der Waals surface area contributed by atoms with Crippen LogP contribution in [0.25, 0.3) is 0 Å². The summed E-state index contributed by atoms with van der Waals surface area (Å²) in [4.78, 5) is 24.4. The molecule has 0 bridgehead atoms. The molecule has 36 heavy (non-hydrogen) atoms. The number of benzene rings is 1. The first kappa shape index (κ1) is 31.8. The molecule has 0 saturated heterocycles. The van der Waals surface area contributed by atoms with Crippen molar-refractivity contribution >= 4 is 19.9 Å². The molecule has 0 aliphatic carbocycles. The molecule has 1 unspecified atom stereocenters. The van der Waals surface area contributed by atoms with Crippen LogP contribution >= 0.6 is 0 Å². The lowest BCUT2D eigenvalue weighted by Gasteiger charge is -2.44. The molecule has 1 aromatic rings. The summed E-state index contributed by atoms with van der Waals surface area (Å²) in [6.45, 7) is 22.1. The summed E-state index contributed by atoms with van der Waals surface area (Å²) in [6.07, 6.45) is 0. The van der Waals surface area contributed by atoms with Crippen molar-refractivity contribution in [2.45, 2.75) is 78.3 Å². The van der Waals surface area contributed by atoms with Gasteiger partial charge in [-0.3, -0.25) is 14.9 Å². The normalized spacial score (nSPS) is 12.8. The molecular weight excluding hydrogens is 468 g/mol. The Morgan fingerprint density at radius 3 is 2.17 bits per heavy atom. The maximum absolute atomic E-state index is 12.5. The van der Waals surface area contributed by atoms with Crippen molar-refractivity contribution in [1.82, 2.24) is 21.3 Å². The minimum absolute atomic E-state index is 0.0208. The zero-order chi connectivity index (χ0) is 27.4. The molecule has 2 amide bonds. The lowest BCUT2D eigenvalue weighted by Crippen LogP contribution is -2.45. The highest BCUT2D eigenvalue weighted by Crippen LogP contribution is 2.48. The number of hydrogen-bond donors (Lipinski definition) is 4. The quantitative estimate of drug-likeness (QED) is 0.130. The SMILES string of the molecule is CC(C)C#CNC(=O)COCCNC(c1ccc(C(=O)NCCNC(C)C)cc1)C(C)(C)[Si](C)(C)C. The molecule has 1 aromatic carbocycles. The van der Waals surface area contributed by atoms with E-state index < -0.39 is 8.07 Å². The molecule has 0 spiro atoms. The number of amides is 2. The first-order chi connectivity index (χ1) is 16.8. The van der Waals surface area contributed by atoms with E-state index in [1.54, 1.807) is 0 Å². The van der Waals surface area contributed by atoms with Gasteiger partial charge in [0.1, 0.15) is 6.61 Å². The lowest BCUT2D eigenvalue weighted by molar-refractivity contribution is -0.124. The average molecular weight is 517 g/mol. The van der Waals surface area contributed by atoms with Gasteiger partial charge in [-0.15, -0.1) is 0 Å². The Morgan fingerprint density at radius 2 is 1.61 bits per heavy atom. The highest BCUT2D eigenvalue weighted by atomic mass is 28.3. The molecule has 0 aromatic heterocycles. The van der Waals surface area contributed by atoms with Gasteiger partial charge in [-0.25, -0.2) is 0 Å². The zero-order valence-electron chi connectivity index (χ0n) is 23.8. The molecular formula is C28H48N4O3Si. The van der Waals surface area contributed by atoms with E-state index in [9.17, 15) is 9.59 Å². The van der Waals surface area contributed by atoms with Crippen molar-refractivity contribution in [3.8, 4) is 12.0 Å². The van der Waals surface area contributed by atoms with E-state index >= 15 is 0 Å². The van der Waals surface area contributed by atoms with Gasteiger partial charge in [0, 0.05) is 49.2 Å². The van der Waals surface area contributed by atoms with Gasteiger partial charge in [0.05, 0.1) is 14.7 Å². The summed E-state index contributed by atoms with van der Waals surface area (Å²) >= 11 is 0. The van der Waals surface area contributed by atoms with E-state index in [0.717, 1.165) is 12.1 Å². The van der Waals surface area contributed by atoms with Gasteiger partial charge in [0.25, 0.3) is 11.8 Å². The van der Waals surface area contributed by atoms with Crippen LogP contribution < -0.4 is 21.3 Å². The third-order valence-corrected chi connectivity index (χ3v) is 10.7. The van der Waals surface area contributed by atoms with Crippen LogP contribution in [-0.2, 0) is 9.53 Å². The summed E-state index contributed by atoms with van der Waals surface area (Å²) < 4.78 is 5.56. The Morgan fingerprint density at radius 1 is 0.972 bits per heavy atom. The van der Waals surface area contributed by atoms with E-state index in [1.165, 1.54) is 0 Å². The second kappa shape index (κ2) is 15.2. The van der Waals surface area contributed by atoms with Gasteiger partial charge >= 0.3 is 0 Å².